The Morgan fingerprint density at radius 2 is 2.05 bits per heavy atom. The fraction of sp³-hybridized carbons (Fsp3) is 0.625. The van der Waals surface area contributed by atoms with E-state index < -0.39 is 0 Å². The average Bonchev–Trinajstić information content (AvgIpc) is 3.22. The van der Waals surface area contributed by atoms with E-state index in [0.717, 1.165) is 44.5 Å². The summed E-state index contributed by atoms with van der Waals surface area (Å²) in [6.45, 7) is 7.58. The Labute approximate surface area is 115 Å². The van der Waals surface area contributed by atoms with Gasteiger partial charge in [0.2, 0.25) is 0 Å². The maximum absolute atomic E-state index is 5.77. The molecule has 3 nitrogen and oxygen atoms in total. The highest BCUT2D eigenvalue weighted by molar-refractivity contribution is 5.27. The summed E-state index contributed by atoms with van der Waals surface area (Å²) in [7, 11) is 0. The highest BCUT2D eigenvalue weighted by Crippen LogP contribution is 2.29. The van der Waals surface area contributed by atoms with Crippen molar-refractivity contribution in [1.29, 1.82) is 0 Å². The SMILES string of the molecule is C[C@@H]1CN(Cc2ccc(OCC3CC3)cc2)CCN1. The second kappa shape index (κ2) is 5.93. The van der Waals surface area contributed by atoms with Crippen LogP contribution in [0.1, 0.15) is 25.3 Å². The highest BCUT2D eigenvalue weighted by Gasteiger charge is 2.21. The number of benzene rings is 1. The molecule has 1 aromatic carbocycles. The van der Waals surface area contributed by atoms with Crippen LogP contribution in [0.4, 0.5) is 0 Å². The second-order valence-electron chi connectivity index (χ2n) is 5.99. The van der Waals surface area contributed by atoms with Crippen molar-refractivity contribution < 1.29 is 4.74 Å². The van der Waals surface area contributed by atoms with Gasteiger partial charge >= 0.3 is 0 Å². The standard InChI is InChI=1S/C16H24N2O/c1-13-10-18(9-8-17-13)11-14-4-6-16(7-5-14)19-12-15-2-3-15/h4-7,13,15,17H,2-3,8-12H2,1H3/t13-/m1/s1. The fourth-order valence-electron chi connectivity index (χ4n) is 2.60. The molecular formula is C16H24N2O. The van der Waals surface area contributed by atoms with Gasteiger partial charge in [0.25, 0.3) is 0 Å². The first kappa shape index (κ1) is 12.9. The minimum atomic E-state index is 0.606. The van der Waals surface area contributed by atoms with Crippen LogP contribution in [0, 0.1) is 5.92 Å². The van der Waals surface area contributed by atoms with Crippen molar-refractivity contribution in [2.24, 2.45) is 5.92 Å². The first-order chi connectivity index (χ1) is 9.29. The van der Waals surface area contributed by atoms with E-state index in [4.69, 9.17) is 4.74 Å². The topological polar surface area (TPSA) is 24.5 Å². The van der Waals surface area contributed by atoms with Gasteiger partial charge in [0.1, 0.15) is 5.75 Å². The van der Waals surface area contributed by atoms with E-state index in [9.17, 15) is 0 Å². The summed E-state index contributed by atoms with van der Waals surface area (Å²) in [5.74, 6) is 1.84. The molecule has 0 amide bonds. The van der Waals surface area contributed by atoms with E-state index in [1.807, 2.05) is 0 Å². The minimum absolute atomic E-state index is 0.606. The summed E-state index contributed by atoms with van der Waals surface area (Å²) >= 11 is 0. The van der Waals surface area contributed by atoms with Gasteiger partial charge in [0.05, 0.1) is 6.61 Å². The molecule has 1 aliphatic heterocycles. The van der Waals surface area contributed by atoms with Crippen LogP contribution >= 0.6 is 0 Å². The number of nitrogens with zero attached hydrogens (tertiary/aromatic N) is 1. The van der Waals surface area contributed by atoms with Crippen LogP contribution in [0.3, 0.4) is 0 Å². The number of hydrogen-bond donors (Lipinski definition) is 1. The average molecular weight is 260 g/mol. The van der Waals surface area contributed by atoms with Crippen LogP contribution in [0.15, 0.2) is 24.3 Å². The second-order valence-corrected chi connectivity index (χ2v) is 5.99. The van der Waals surface area contributed by atoms with E-state index in [1.54, 1.807) is 0 Å². The maximum Gasteiger partial charge on any atom is 0.119 e. The molecule has 1 heterocycles. The molecule has 0 spiro atoms. The molecule has 0 aromatic heterocycles. The van der Waals surface area contributed by atoms with Gasteiger partial charge in [-0.15, -0.1) is 0 Å². The molecule has 1 aliphatic carbocycles. The fourth-order valence-corrected chi connectivity index (χ4v) is 2.60. The van der Waals surface area contributed by atoms with E-state index in [-0.39, 0.29) is 0 Å². The molecular weight excluding hydrogens is 236 g/mol. The van der Waals surface area contributed by atoms with Gasteiger partial charge in [-0.05, 0) is 43.4 Å². The quantitative estimate of drug-likeness (QED) is 0.879. The highest BCUT2D eigenvalue weighted by atomic mass is 16.5. The van der Waals surface area contributed by atoms with E-state index >= 15 is 0 Å². The van der Waals surface area contributed by atoms with Crippen LogP contribution < -0.4 is 10.1 Å². The largest absolute Gasteiger partial charge is 0.493 e. The molecule has 1 N–H and O–H groups in total. The van der Waals surface area contributed by atoms with Gasteiger partial charge in [0.15, 0.2) is 0 Å². The molecule has 0 bridgehead atoms. The summed E-state index contributed by atoms with van der Waals surface area (Å²) in [6, 6.07) is 9.24. The number of nitrogens with one attached hydrogen (secondary N) is 1. The molecule has 0 unspecified atom stereocenters. The van der Waals surface area contributed by atoms with Gasteiger partial charge in [-0.2, -0.15) is 0 Å². The Morgan fingerprint density at radius 1 is 1.26 bits per heavy atom. The predicted molar refractivity (Wildman–Crippen MR) is 77.4 cm³/mol. The molecule has 3 heteroatoms. The maximum atomic E-state index is 5.77. The molecule has 3 rings (SSSR count). The first-order valence-electron chi connectivity index (χ1n) is 7.47. The molecule has 2 aliphatic rings. The lowest BCUT2D eigenvalue weighted by atomic mass is 10.1. The molecule has 1 aromatic rings. The minimum Gasteiger partial charge on any atom is -0.493 e. The summed E-state index contributed by atoms with van der Waals surface area (Å²) in [4.78, 5) is 2.52. The van der Waals surface area contributed by atoms with Crippen LogP contribution in [-0.2, 0) is 6.54 Å². The van der Waals surface area contributed by atoms with Crippen molar-refractivity contribution in [3.8, 4) is 5.75 Å². The van der Waals surface area contributed by atoms with Gasteiger partial charge in [-0.25, -0.2) is 0 Å². The van der Waals surface area contributed by atoms with Crippen molar-refractivity contribution in [2.75, 3.05) is 26.2 Å². The van der Waals surface area contributed by atoms with Crippen LogP contribution in [0.25, 0.3) is 0 Å². The monoisotopic (exact) mass is 260 g/mol. The van der Waals surface area contributed by atoms with Gasteiger partial charge in [-0.1, -0.05) is 12.1 Å². The smallest absolute Gasteiger partial charge is 0.119 e. The normalized spacial score (nSPS) is 24.4. The van der Waals surface area contributed by atoms with Crippen molar-refractivity contribution in [3.05, 3.63) is 29.8 Å². The third-order valence-corrected chi connectivity index (χ3v) is 3.97. The van der Waals surface area contributed by atoms with Crippen molar-refractivity contribution in [1.82, 2.24) is 10.2 Å². The lowest BCUT2D eigenvalue weighted by Gasteiger charge is -2.31. The Kier molecular flexibility index (Phi) is 4.04. The third kappa shape index (κ3) is 3.95. The summed E-state index contributed by atoms with van der Waals surface area (Å²) < 4.78 is 5.77. The zero-order valence-electron chi connectivity index (χ0n) is 11.8. The van der Waals surface area contributed by atoms with E-state index in [2.05, 4.69) is 41.4 Å². The lowest BCUT2D eigenvalue weighted by molar-refractivity contribution is 0.199. The van der Waals surface area contributed by atoms with E-state index in [1.165, 1.54) is 18.4 Å². The van der Waals surface area contributed by atoms with Crippen molar-refractivity contribution in [3.63, 3.8) is 0 Å². The first-order valence-corrected chi connectivity index (χ1v) is 7.47. The molecule has 2 fully saturated rings. The van der Waals surface area contributed by atoms with Crippen molar-refractivity contribution in [2.45, 2.75) is 32.4 Å². The Bertz CT molecular complexity index is 400. The lowest BCUT2D eigenvalue weighted by Crippen LogP contribution is -2.48. The van der Waals surface area contributed by atoms with Gasteiger partial charge < -0.3 is 10.1 Å². The molecule has 104 valence electrons. The Hall–Kier alpha value is -1.06. The number of piperazine rings is 1. The third-order valence-electron chi connectivity index (χ3n) is 3.97. The Morgan fingerprint density at radius 3 is 2.74 bits per heavy atom. The molecule has 1 saturated heterocycles. The van der Waals surface area contributed by atoms with Gasteiger partial charge in [0, 0.05) is 32.2 Å². The van der Waals surface area contributed by atoms with Crippen LogP contribution in [0.2, 0.25) is 0 Å². The molecule has 0 radical (unpaired) electrons. The number of ether oxygens (including phenoxy) is 1. The molecule has 1 saturated carbocycles. The molecule has 1 atom stereocenters. The van der Waals surface area contributed by atoms with Crippen LogP contribution in [0.5, 0.6) is 5.75 Å². The van der Waals surface area contributed by atoms with Crippen LogP contribution in [-0.4, -0.2) is 37.2 Å². The summed E-state index contributed by atoms with van der Waals surface area (Å²) in [6.07, 6.45) is 2.69. The number of rotatable bonds is 5. The summed E-state index contributed by atoms with van der Waals surface area (Å²) in [5.41, 5.74) is 1.38. The van der Waals surface area contributed by atoms with Gasteiger partial charge in [-0.3, -0.25) is 4.90 Å². The Balaban J connectivity index is 1.50. The summed E-state index contributed by atoms with van der Waals surface area (Å²) in [5, 5.41) is 3.48. The predicted octanol–water partition coefficient (Wildman–Crippen LogP) is 2.27. The zero-order chi connectivity index (χ0) is 13.1. The molecule has 19 heavy (non-hydrogen) atoms. The van der Waals surface area contributed by atoms with E-state index in [0.29, 0.717) is 6.04 Å². The van der Waals surface area contributed by atoms with Crippen molar-refractivity contribution >= 4 is 0 Å². The number of hydrogen-bond acceptors (Lipinski definition) is 3. The zero-order valence-corrected chi connectivity index (χ0v) is 11.8.